The molecule has 4 heteroatoms. The highest BCUT2D eigenvalue weighted by Gasteiger charge is 1.93. The Labute approximate surface area is 105 Å². The van der Waals surface area contributed by atoms with Gasteiger partial charge in [0.25, 0.3) is 0 Å². The van der Waals surface area contributed by atoms with Gasteiger partial charge in [0.05, 0.1) is 6.61 Å². The Morgan fingerprint density at radius 3 is 2.73 bits per heavy atom. The fourth-order valence-electron chi connectivity index (χ4n) is 0.789. The van der Waals surface area contributed by atoms with Crippen molar-refractivity contribution in [2.45, 2.75) is 13.3 Å². The van der Waals surface area contributed by atoms with Gasteiger partial charge in [-0.05, 0) is 17.1 Å². The summed E-state index contributed by atoms with van der Waals surface area (Å²) in [5, 5.41) is 0. The minimum Gasteiger partial charge on any atom is -0.402 e. The molecule has 0 spiro atoms. The number of methoxy groups -OCH3 is 1. The summed E-state index contributed by atoms with van der Waals surface area (Å²) in [6.07, 6.45) is 4.36. The van der Waals surface area contributed by atoms with Crippen molar-refractivity contribution in [2.24, 2.45) is 10.7 Å². The van der Waals surface area contributed by atoms with Gasteiger partial charge >= 0.3 is 0 Å². The summed E-state index contributed by atoms with van der Waals surface area (Å²) in [5.41, 5.74) is 8.13. The van der Waals surface area contributed by atoms with Crippen LogP contribution < -0.4 is 5.73 Å². The lowest BCUT2D eigenvalue weighted by molar-refractivity contribution is 0.202. The summed E-state index contributed by atoms with van der Waals surface area (Å²) >= 11 is 2.14. The summed E-state index contributed by atoms with van der Waals surface area (Å²) < 4.78 is 6.82. The zero-order valence-corrected chi connectivity index (χ0v) is 11.3. The SMILES string of the molecule is C=C(CCOC)\N=C/C(/C=C\I)=C(\C)N. The first kappa shape index (κ1) is 14.4. The van der Waals surface area contributed by atoms with Crippen molar-refractivity contribution in [3.8, 4) is 0 Å². The molecule has 0 fully saturated rings. The summed E-state index contributed by atoms with van der Waals surface area (Å²) in [6.45, 7) is 6.30. The molecule has 84 valence electrons. The molecule has 0 aromatic heterocycles. The molecular formula is C11H17IN2O. The third kappa shape index (κ3) is 7.33. The Kier molecular flexibility index (Phi) is 8.31. The van der Waals surface area contributed by atoms with Crippen LogP contribution >= 0.6 is 22.6 Å². The number of aliphatic imine (C=N–C) groups is 1. The smallest absolute Gasteiger partial charge is 0.0517 e. The molecular weight excluding hydrogens is 303 g/mol. The number of halogens is 1. The Hall–Kier alpha value is -0.620. The molecule has 0 rings (SSSR count). The van der Waals surface area contributed by atoms with Gasteiger partial charge in [0, 0.05) is 36.7 Å². The second-order valence-corrected chi connectivity index (χ2v) is 3.72. The normalized spacial score (nSPS) is 13.5. The van der Waals surface area contributed by atoms with Crippen molar-refractivity contribution >= 4 is 28.8 Å². The number of hydrogen-bond acceptors (Lipinski definition) is 3. The van der Waals surface area contributed by atoms with E-state index in [4.69, 9.17) is 10.5 Å². The van der Waals surface area contributed by atoms with Crippen molar-refractivity contribution in [3.05, 3.63) is 33.7 Å². The third-order valence-corrected chi connectivity index (χ3v) is 2.04. The Balaban J connectivity index is 4.36. The molecule has 0 aromatic carbocycles. The predicted octanol–water partition coefficient (Wildman–Crippen LogP) is 2.79. The molecule has 0 heterocycles. The van der Waals surface area contributed by atoms with Gasteiger partial charge in [-0.2, -0.15) is 0 Å². The molecule has 0 bridgehead atoms. The van der Waals surface area contributed by atoms with Crippen LogP contribution in [-0.4, -0.2) is 19.9 Å². The molecule has 3 nitrogen and oxygen atoms in total. The molecule has 0 aromatic rings. The Bertz CT molecular complexity index is 289. The first-order valence-corrected chi connectivity index (χ1v) is 5.80. The monoisotopic (exact) mass is 320 g/mol. The van der Waals surface area contributed by atoms with Crippen molar-refractivity contribution in [2.75, 3.05) is 13.7 Å². The van der Waals surface area contributed by atoms with Gasteiger partial charge in [-0.25, -0.2) is 0 Å². The maximum atomic E-state index is 5.69. The highest BCUT2D eigenvalue weighted by atomic mass is 127. The van der Waals surface area contributed by atoms with Crippen LogP contribution in [-0.2, 0) is 4.74 Å². The van der Waals surface area contributed by atoms with Crippen LogP contribution in [0, 0.1) is 0 Å². The average molecular weight is 320 g/mol. The summed E-state index contributed by atoms with van der Waals surface area (Å²) in [6, 6.07) is 0. The molecule has 0 saturated heterocycles. The van der Waals surface area contributed by atoms with E-state index in [2.05, 4.69) is 34.2 Å². The van der Waals surface area contributed by atoms with E-state index >= 15 is 0 Å². The van der Waals surface area contributed by atoms with Crippen LogP contribution in [0.4, 0.5) is 0 Å². The number of allylic oxidation sites excluding steroid dienone is 3. The highest BCUT2D eigenvalue weighted by molar-refractivity contribution is 14.1. The fourth-order valence-corrected chi connectivity index (χ4v) is 1.18. The lowest BCUT2D eigenvalue weighted by Crippen LogP contribution is -1.98. The molecule has 0 aliphatic heterocycles. The summed E-state index contributed by atoms with van der Waals surface area (Å²) in [5.74, 6) is 0. The maximum absolute atomic E-state index is 5.69. The Morgan fingerprint density at radius 1 is 1.60 bits per heavy atom. The number of nitrogens with zero attached hydrogens (tertiary/aromatic N) is 1. The number of ether oxygens (including phenoxy) is 1. The maximum Gasteiger partial charge on any atom is 0.0517 e. The second kappa shape index (κ2) is 8.67. The minimum atomic E-state index is 0.638. The standard InChI is InChI=1S/C11H17IN2O/c1-9(5-7-15-3)14-8-11(4-6-12)10(2)13/h4,6,8H,1,5,7,13H2,2-3H3/b6-4-,11-10+,14-8-. The van der Waals surface area contributed by atoms with Gasteiger partial charge in [-0.1, -0.05) is 29.2 Å². The molecule has 15 heavy (non-hydrogen) atoms. The van der Waals surface area contributed by atoms with Gasteiger partial charge < -0.3 is 10.5 Å². The van der Waals surface area contributed by atoms with Gasteiger partial charge in [0.15, 0.2) is 0 Å². The number of nitrogens with two attached hydrogens (primary N) is 1. The van der Waals surface area contributed by atoms with Crippen LogP contribution in [0.2, 0.25) is 0 Å². The molecule has 0 unspecified atom stereocenters. The predicted molar refractivity (Wildman–Crippen MR) is 74.2 cm³/mol. The first-order chi connectivity index (χ1) is 7.11. The van der Waals surface area contributed by atoms with Crippen LogP contribution in [0.3, 0.4) is 0 Å². The largest absolute Gasteiger partial charge is 0.402 e. The van der Waals surface area contributed by atoms with Gasteiger partial charge in [0.2, 0.25) is 0 Å². The van der Waals surface area contributed by atoms with E-state index in [-0.39, 0.29) is 0 Å². The van der Waals surface area contributed by atoms with Crippen LogP contribution in [0.25, 0.3) is 0 Å². The van der Waals surface area contributed by atoms with E-state index in [0.29, 0.717) is 6.61 Å². The van der Waals surface area contributed by atoms with E-state index < -0.39 is 0 Å². The van der Waals surface area contributed by atoms with E-state index in [9.17, 15) is 0 Å². The van der Waals surface area contributed by atoms with Crippen molar-refractivity contribution in [1.82, 2.24) is 0 Å². The van der Waals surface area contributed by atoms with Crippen molar-refractivity contribution in [3.63, 3.8) is 0 Å². The van der Waals surface area contributed by atoms with E-state index in [1.165, 1.54) is 0 Å². The van der Waals surface area contributed by atoms with Crippen LogP contribution in [0.1, 0.15) is 13.3 Å². The van der Waals surface area contributed by atoms with E-state index in [0.717, 1.165) is 23.4 Å². The van der Waals surface area contributed by atoms with Gasteiger partial charge in [0.1, 0.15) is 0 Å². The average Bonchev–Trinajstić information content (AvgIpc) is 2.20. The first-order valence-electron chi connectivity index (χ1n) is 4.55. The molecule has 0 aliphatic carbocycles. The molecule has 0 amide bonds. The van der Waals surface area contributed by atoms with Crippen LogP contribution in [0.5, 0.6) is 0 Å². The fraction of sp³-hybridized carbons (Fsp3) is 0.364. The quantitative estimate of drug-likeness (QED) is 0.465. The lowest BCUT2D eigenvalue weighted by atomic mass is 10.2. The minimum absolute atomic E-state index is 0.638. The topological polar surface area (TPSA) is 47.6 Å². The zero-order chi connectivity index (χ0) is 11.7. The number of hydrogen-bond donors (Lipinski definition) is 1. The van der Waals surface area contributed by atoms with Crippen molar-refractivity contribution in [1.29, 1.82) is 0 Å². The number of rotatable bonds is 6. The van der Waals surface area contributed by atoms with Gasteiger partial charge in [-0.3, -0.25) is 4.99 Å². The summed E-state index contributed by atoms with van der Waals surface area (Å²) in [4.78, 5) is 4.21. The second-order valence-electron chi connectivity index (χ2n) is 3.00. The molecule has 0 atom stereocenters. The Morgan fingerprint density at radius 2 is 2.27 bits per heavy atom. The van der Waals surface area contributed by atoms with Gasteiger partial charge in [-0.15, -0.1) is 0 Å². The lowest BCUT2D eigenvalue weighted by Gasteiger charge is -2.00. The molecule has 0 saturated carbocycles. The summed E-state index contributed by atoms with van der Waals surface area (Å²) in [7, 11) is 1.66. The molecule has 2 N–H and O–H groups in total. The molecule has 0 radical (unpaired) electrons. The van der Waals surface area contributed by atoms with E-state index in [1.54, 1.807) is 13.3 Å². The molecule has 0 aliphatic rings. The third-order valence-electron chi connectivity index (χ3n) is 1.68. The van der Waals surface area contributed by atoms with E-state index in [1.807, 2.05) is 17.1 Å². The van der Waals surface area contributed by atoms with Crippen molar-refractivity contribution < 1.29 is 4.74 Å². The van der Waals surface area contributed by atoms with Crippen LogP contribution in [0.15, 0.2) is 38.7 Å². The highest BCUT2D eigenvalue weighted by Crippen LogP contribution is 2.04. The zero-order valence-electron chi connectivity index (χ0n) is 9.16.